The highest BCUT2D eigenvalue weighted by atomic mass is 16.5. The fraction of sp³-hybridized carbons (Fsp3) is 0.756. The number of likely N-dealkylation sites (N-methyl/N-ethyl adjacent to an activating group) is 1. The van der Waals surface area contributed by atoms with E-state index in [9.17, 15) is 9.59 Å². The second kappa shape index (κ2) is 13.5. The molecule has 0 saturated heterocycles. The molecule has 7 rings (SSSR count). The third kappa shape index (κ3) is 6.11. The number of rotatable bonds is 7. The minimum atomic E-state index is -0.592. The Morgan fingerprint density at radius 2 is 1.69 bits per heavy atom. The van der Waals surface area contributed by atoms with Gasteiger partial charge in [0, 0.05) is 36.5 Å². The molecule has 6 aliphatic rings. The molecule has 1 aliphatic heterocycles. The fourth-order valence-corrected chi connectivity index (χ4v) is 11.2. The van der Waals surface area contributed by atoms with E-state index in [4.69, 9.17) is 14.2 Å². The molecule has 0 spiro atoms. The van der Waals surface area contributed by atoms with Crippen molar-refractivity contribution in [3.63, 3.8) is 0 Å². The summed E-state index contributed by atoms with van der Waals surface area (Å²) < 4.78 is 17.5. The first-order valence-electron chi connectivity index (χ1n) is 18.9. The number of nitrogens with zero attached hydrogens (tertiary/aromatic N) is 3. The molecule has 49 heavy (non-hydrogen) atoms. The highest BCUT2D eigenvalue weighted by Gasteiger charge is 2.70. The summed E-state index contributed by atoms with van der Waals surface area (Å²) in [7, 11) is 7.32. The van der Waals surface area contributed by atoms with Crippen molar-refractivity contribution in [2.45, 2.75) is 112 Å². The molecule has 8 heteroatoms. The SMILES string of the molecule is CC1CC1.COc1cnc(C2=CC(OC)C3(C)C(C)CC4C5CCC(CC6CC(C)=C(CN(C)C)C(=O)O6)C5(C)CCC4C3(C)C2=O)cn1. The zero-order valence-corrected chi connectivity index (χ0v) is 31.8. The van der Waals surface area contributed by atoms with Gasteiger partial charge in [-0.05, 0) is 107 Å². The minimum absolute atomic E-state index is 0.0477. The molecule has 8 nitrogen and oxygen atoms in total. The van der Waals surface area contributed by atoms with E-state index in [1.54, 1.807) is 26.6 Å². The van der Waals surface area contributed by atoms with E-state index in [2.05, 4.69) is 51.5 Å². The molecule has 0 amide bonds. The second-order valence-corrected chi connectivity index (χ2v) is 17.5. The van der Waals surface area contributed by atoms with Crippen molar-refractivity contribution in [2.75, 3.05) is 34.9 Å². The van der Waals surface area contributed by atoms with Gasteiger partial charge in [0.1, 0.15) is 6.10 Å². The molecule has 1 aromatic heterocycles. The van der Waals surface area contributed by atoms with Gasteiger partial charge in [0.15, 0.2) is 5.78 Å². The molecular formula is C41H61N3O5. The summed E-state index contributed by atoms with van der Waals surface area (Å²) in [6, 6.07) is 0. The maximum absolute atomic E-state index is 14.9. The number of aromatic nitrogens is 2. The van der Waals surface area contributed by atoms with Crippen LogP contribution in [0.3, 0.4) is 0 Å². The van der Waals surface area contributed by atoms with E-state index < -0.39 is 5.41 Å². The molecule has 4 saturated carbocycles. The quantitative estimate of drug-likeness (QED) is 0.273. The number of hydrogen-bond acceptors (Lipinski definition) is 8. The van der Waals surface area contributed by atoms with Crippen LogP contribution in [0.2, 0.25) is 0 Å². The van der Waals surface area contributed by atoms with Gasteiger partial charge in [-0.25, -0.2) is 14.8 Å². The smallest absolute Gasteiger partial charge is 0.335 e. The summed E-state index contributed by atoms with van der Waals surface area (Å²) in [5, 5.41) is 0. The Morgan fingerprint density at radius 3 is 2.27 bits per heavy atom. The van der Waals surface area contributed by atoms with Gasteiger partial charge in [0.05, 0.1) is 36.9 Å². The van der Waals surface area contributed by atoms with Crippen LogP contribution in [0, 0.1) is 51.8 Å². The van der Waals surface area contributed by atoms with Crippen molar-refractivity contribution < 1.29 is 23.8 Å². The number of Topliss-reactive ketones (excluding diaryl/α,β-unsaturated/α-hetero) is 1. The minimum Gasteiger partial charge on any atom is -0.480 e. The first kappa shape index (κ1) is 36.2. The van der Waals surface area contributed by atoms with Gasteiger partial charge in [0.25, 0.3) is 0 Å². The van der Waals surface area contributed by atoms with Crippen molar-refractivity contribution in [3.05, 3.63) is 35.3 Å². The molecule has 1 aromatic rings. The number of carbonyl (C=O) groups is 2. The van der Waals surface area contributed by atoms with Gasteiger partial charge in [-0.2, -0.15) is 0 Å². The van der Waals surface area contributed by atoms with Gasteiger partial charge in [-0.15, -0.1) is 0 Å². The molecule has 10 atom stereocenters. The molecule has 0 aromatic carbocycles. The lowest BCUT2D eigenvalue weighted by Crippen LogP contribution is -2.66. The molecular weight excluding hydrogens is 614 g/mol. The first-order valence-corrected chi connectivity index (χ1v) is 18.9. The fourth-order valence-electron chi connectivity index (χ4n) is 11.2. The summed E-state index contributed by atoms with van der Waals surface area (Å²) >= 11 is 0. The van der Waals surface area contributed by atoms with Crippen LogP contribution in [0.5, 0.6) is 5.88 Å². The Hall–Kier alpha value is -2.58. The van der Waals surface area contributed by atoms with Crippen LogP contribution in [0.25, 0.3) is 5.57 Å². The number of fused-ring (bicyclic) bond motifs is 5. The van der Waals surface area contributed by atoms with Gasteiger partial charge >= 0.3 is 5.97 Å². The summed E-state index contributed by atoms with van der Waals surface area (Å²) in [5.74, 6) is 3.66. The standard InChI is InChI=1S/C37H53N3O5.C4H8/c1-21-14-24(45-34(42)27(21)20-40(6)7)16-23-10-11-28-25-15-22(2)36(4)31(43-8)17-26(30-18-39-32(44-9)19-38-30)33(41)37(36,5)29(25)12-13-35(23,28)3;1-4-2-3-4/h17-19,22-25,28-29,31H,10-16,20H2,1-9H3;4H,2-3H2,1H3. The zero-order chi connectivity index (χ0) is 35.5. The molecule has 4 fully saturated rings. The monoisotopic (exact) mass is 675 g/mol. The van der Waals surface area contributed by atoms with Crippen LogP contribution in [0.4, 0.5) is 0 Å². The Labute approximate surface area is 294 Å². The Morgan fingerprint density at radius 1 is 0.980 bits per heavy atom. The molecule has 2 heterocycles. The van der Waals surface area contributed by atoms with Crippen LogP contribution in [0.15, 0.2) is 29.6 Å². The van der Waals surface area contributed by atoms with Gasteiger partial charge in [0.2, 0.25) is 5.88 Å². The van der Waals surface area contributed by atoms with Gasteiger partial charge in [-0.3, -0.25) is 4.79 Å². The van der Waals surface area contributed by atoms with Gasteiger partial charge < -0.3 is 19.1 Å². The molecule has 5 aliphatic carbocycles. The third-order valence-corrected chi connectivity index (χ3v) is 14.6. The van der Waals surface area contributed by atoms with E-state index in [0.29, 0.717) is 47.4 Å². The lowest BCUT2D eigenvalue weighted by atomic mass is 9.37. The van der Waals surface area contributed by atoms with Crippen LogP contribution in [-0.2, 0) is 19.1 Å². The number of methoxy groups -OCH3 is 2. The van der Waals surface area contributed by atoms with Crippen molar-refractivity contribution in [2.24, 2.45) is 51.8 Å². The predicted molar refractivity (Wildman–Crippen MR) is 192 cm³/mol. The second-order valence-electron chi connectivity index (χ2n) is 17.5. The normalized spacial score (nSPS) is 40.1. The summed E-state index contributed by atoms with van der Waals surface area (Å²) in [6.45, 7) is 14.4. The average Bonchev–Trinajstić information content (AvgIpc) is 3.78. The maximum Gasteiger partial charge on any atom is 0.335 e. The lowest BCUT2D eigenvalue weighted by Gasteiger charge is -2.66. The molecule has 0 N–H and O–H groups in total. The van der Waals surface area contributed by atoms with Crippen LogP contribution >= 0.6 is 0 Å². The van der Waals surface area contributed by atoms with Crippen LogP contribution in [0.1, 0.15) is 105 Å². The van der Waals surface area contributed by atoms with E-state index in [0.717, 1.165) is 50.0 Å². The Kier molecular flexibility index (Phi) is 9.99. The number of hydrogen-bond donors (Lipinski definition) is 0. The average molecular weight is 676 g/mol. The topological polar surface area (TPSA) is 90.9 Å². The lowest BCUT2D eigenvalue weighted by molar-refractivity contribution is -0.198. The summed E-state index contributed by atoms with van der Waals surface area (Å²) in [5.41, 5.74) is 2.46. The third-order valence-electron chi connectivity index (χ3n) is 14.6. The van der Waals surface area contributed by atoms with Crippen molar-refractivity contribution in [1.29, 1.82) is 0 Å². The van der Waals surface area contributed by atoms with E-state index in [-0.39, 0.29) is 40.7 Å². The first-order chi connectivity index (χ1) is 23.2. The van der Waals surface area contributed by atoms with Crippen LogP contribution in [-0.4, -0.2) is 73.7 Å². The Balaban J connectivity index is 0.000000971. The highest BCUT2D eigenvalue weighted by molar-refractivity contribution is 6.24. The van der Waals surface area contributed by atoms with Crippen molar-refractivity contribution >= 4 is 17.3 Å². The van der Waals surface area contributed by atoms with E-state index in [1.165, 1.54) is 24.8 Å². The maximum atomic E-state index is 14.9. The summed E-state index contributed by atoms with van der Waals surface area (Å²) in [4.78, 5) is 38.9. The zero-order valence-electron chi connectivity index (χ0n) is 31.8. The number of ether oxygens (including phenoxy) is 3. The summed E-state index contributed by atoms with van der Waals surface area (Å²) in [6.07, 6.45) is 15.3. The molecule has 10 unspecified atom stereocenters. The molecule has 270 valence electrons. The molecule has 0 bridgehead atoms. The highest BCUT2D eigenvalue weighted by Crippen LogP contribution is 2.72. The largest absolute Gasteiger partial charge is 0.480 e. The predicted octanol–water partition coefficient (Wildman–Crippen LogP) is 7.58. The molecule has 0 radical (unpaired) electrons. The van der Waals surface area contributed by atoms with Crippen LogP contribution < -0.4 is 4.74 Å². The Bertz CT molecular complexity index is 1480. The number of allylic oxidation sites excluding steroid dienone is 1. The number of ketones is 1. The van der Waals surface area contributed by atoms with Crippen molar-refractivity contribution in [1.82, 2.24) is 14.9 Å². The number of esters is 1. The number of cyclic esters (lactones) is 1. The van der Waals surface area contributed by atoms with Gasteiger partial charge in [-0.1, -0.05) is 53.0 Å². The van der Waals surface area contributed by atoms with E-state index in [1.807, 2.05) is 25.1 Å². The number of carbonyl (C=O) groups excluding carboxylic acids is 2. The van der Waals surface area contributed by atoms with E-state index >= 15 is 0 Å². The van der Waals surface area contributed by atoms with Crippen molar-refractivity contribution in [3.8, 4) is 5.88 Å².